The second-order valence-corrected chi connectivity index (χ2v) is 14.2. The molecule has 3 atom stereocenters. The molecular formula is C34H43ClFN7O4. The standard InChI is InChI=1S/C34H43ClFN7O4/c1-19-9-10-22-14-37-41(8)30(22)26(19)27-25(35)13-24-29(28(27)36)38-32(46-18-23-17-40(7)11-12-45-23)39-31(24)42-15-21(3)43(16-20(42)2)33(44)47-34(4,5)6/h9-10,13-14,20-21,23H,11-12,15-18H2,1-8H3/t20-,21+,23-/m0/s1. The van der Waals surface area contributed by atoms with Crippen LogP contribution in [0, 0.1) is 12.7 Å². The molecule has 2 saturated heterocycles. The van der Waals surface area contributed by atoms with Crippen LogP contribution in [0.3, 0.4) is 0 Å². The summed E-state index contributed by atoms with van der Waals surface area (Å²) in [6.07, 6.45) is 1.20. The summed E-state index contributed by atoms with van der Waals surface area (Å²) in [5.41, 5.74) is 2.00. The van der Waals surface area contributed by atoms with Crippen molar-refractivity contribution in [2.75, 3.05) is 51.3 Å². The molecule has 2 aliphatic heterocycles. The van der Waals surface area contributed by atoms with Crippen molar-refractivity contribution in [1.29, 1.82) is 0 Å². The molecule has 6 rings (SSSR count). The molecule has 0 spiro atoms. The van der Waals surface area contributed by atoms with Crippen molar-refractivity contribution in [2.24, 2.45) is 7.05 Å². The molecule has 0 bridgehead atoms. The van der Waals surface area contributed by atoms with Gasteiger partial charge in [0.05, 0.1) is 23.3 Å². The molecule has 4 aromatic rings. The van der Waals surface area contributed by atoms with Gasteiger partial charge >= 0.3 is 12.1 Å². The molecule has 13 heteroatoms. The Labute approximate surface area is 279 Å². The Morgan fingerprint density at radius 1 is 1.11 bits per heavy atom. The van der Waals surface area contributed by atoms with Gasteiger partial charge in [0.25, 0.3) is 0 Å². The number of fused-ring (bicyclic) bond motifs is 2. The number of benzene rings is 2. The number of hydrogen-bond acceptors (Lipinski definition) is 9. The molecular weight excluding hydrogens is 625 g/mol. The molecule has 2 fully saturated rings. The maximum absolute atomic E-state index is 17.1. The van der Waals surface area contributed by atoms with E-state index < -0.39 is 11.4 Å². The van der Waals surface area contributed by atoms with Gasteiger partial charge in [0.1, 0.15) is 29.6 Å². The minimum atomic E-state index is -0.618. The summed E-state index contributed by atoms with van der Waals surface area (Å²) in [6.45, 7) is 14.6. The average Bonchev–Trinajstić information content (AvgIpc) is 3.37. The summed E-state index contributed by atoms with van der Waals surface area (Å²) in [4.78, 5) is 28.5. The van der Waals surface area contributed by atoms with E-state index in [1.54, 1.807) is 21.8 Å². The number of rotatable bonds is 5. The van der Waals surface area contributed by atoms with Gasteiger partial charge in [-0.05, 0) is 60.2 Å². The van der Waals surface area contributed by atoms with Gasteiger partial charge in [-0.2, -0.15) is 15.1 Å². The SMILES string of the molecule is Cc1ccc2cnn(C)c2c1-c1c(Cl)cc2c(N3C[C@@H](C)N(C(=O)OC(C)(C)C)C[C@@H]3C)nc(OC[C@@H]3CN(C)CCO3)nc2c1F. The predicted molar refractivity (Wildman–Crippen MR) is 181 cm³/mol. The van der Waals surface area contributed by atoms with Crippen molar-refractivity contribution in [3.8, 4) is 17.1 Å². The first kappa shape index (κ1) is 33.2. The lowest BCUT2D eigenvalue weighted by molar-refractivity contribution is -0.0416. The fourth-order valence-corrected chi connectivity index (χ4v) is 6.77. The van der Waals surface area contributed by atoms with Crippen molar-refractivity contribution in [3.05, 3.63) is 40.8 Å². The highest BCUT2D eigenvalue weighted by atomic mass is 35.5. The van der Waals surface area contributed by atoms with Crippen molar-refractivity contribution in [2.45, 2.75) is 65.3 Å². The molecule has 2 aromatic heterocycles. The van der Waals surface area contributed by atoms with Crippen molar-refractivity contribution >= 4 is 45.3 Å². The summed E-state index contributed by atoms with van der Waals surface area (Å²) in [6, 6.07) is 5.28. The molecule has 2 aliphatic rings. The number of morpholine rings is 1. The number of piperazine rings is 1. The molecule has 1 amide bonds. The maximum Gasteiger partial charge on any atom is 0.410 e. The van der Waals surface area contributed by atoms with Gasteiger partial charge in [0, 0.05) is 67.2 Å². The molecule has 0 saturated carbocycles. The Balaban J connectivity index is 1.46. The summed E-state index contributed by atoms with van der Waals surface area (Å²) in [7, 11) is 3.86. The van der Waals surface area contributed by atoms with E-state index in [1.807, 2.05) is 67.8 Å². The van der Waals surface area contributed by atoms with Crippen LogP contribution >= 0.6 is 11.6 Å². The number of nitrogens with zero attached hydrogens (tertiary/aromatic N) is 7. The molecule has 0 aliphatic carbocycles. The highest BCUT2D eigenvalue weighted by Crippen LogP contribution is 2.43. The maximum atomic E-state index is 17.1. The van der Waals surface area contributed by atoms with Crippen molar-refractivity contribution in [1.82, 2.24) is 29.5 Å². The Kier molecular flexibility index (Phi) is 8.96. The third kappa shape index (κ3) is 6.55. The van der Waals surface area contributed by atoms with Gasteiger partial charge in [-0.15, -0.1) is 0 Å². The first-order valence-corrected chi connectivity index (χ1v) is 16.4. The summed E-state index contributed by atoms with van der Waals surface area (Å²) in [5, 5.41) is 5.97. The van der Waals surface area contributed by atoms with Gasteiger partial charge in [-0.25, -0.2) is 9.18 Å². The molecule has 0 unspecified atom stereocenters. The minimum Gasteiger partial charge on any atom is -0.461 e. The Bertz CT molecular complexity index is 1830. The van der Waals surface area contributed by atoms with Gasteiger partial charge in [-0.1, -0.05) is 23.7 Å². The quantitative estimate of drug-likeness (QED) is 0.261. The van der Waals surface area contributed by atoms with Crippen molar-refractivity contribution in [3.63, 3.8) is 0 Å². The summed E-state index contributed by atoms with van der Waals surface area (Å²) < 4.78 is 36.5. The molecule has 11 nitrogen and oxygen atoms in total. The van der Waals surface area contributed by atoms with Crippen LogP contribution in [-0.4, -0.2) is 106 Å². The zero-order valence-electron chi connectivity index (χ0n) is 28.3. The lowest BCUT2D eigenvalue weighted by Crippen LogP contribution is -2.59. The normalized spacial score (nSPS) is 21.1. The second-order valence-electron chi connectivity index (χ2n) is 13.8. The number of hydrogen-bond donors (Lipinski definition) is 0. The summed E-state index contributed by atoms with van der Waals surface area (Å²) in [5.74, 6) is -0.0859. The van der Waals surface area contributed by atoms with E-state index in [9.17, 15) is 4.79 Å². The third-order valence-corrected chi connectivity index (χ3v) is 9.13. The van der Waals surface area contributed by atoms with Crippen LogP contribution in [0.15, 0.2) is 24.4 Å². The average molecular weight is 668 g/mol. The van der Waals surface area contributed by atoms with E-state index in [0.29, 0.717) is 43.0 Å². The Morgan fingerprint density at radius 3 is 2.60 bits per heavy atom. The first-order chi connectivity index (χ1) is 22.2. The lowest BCUT2D eigenvalue weighted by Gasteiger charge is -2.45. The summed E-state index contributed by atoms with van der Waals surface area (Å²) >= 11 is 6.99. The number of aryl methyl sites for hydroxylation is 2. The van der Waals surface area contributed by atoms with Crippen LogP contribution in [-0.2, 0) is 16.5 Å². The van der Waals surface area contributed by atoms with Crippen LogP contribution in [0.5, 0.6) is 6.01 Å². The van der Waals surface area contributed by atoms with Crippen LogP contribution in [0.25, 0.3) is 32.9 Å². The van der Waals surface area contributed by atoms with E-state index in [2.05, 4.69) is 19.9 Å². The number of ether oxygens (including phenoxy) is 3. The van der Waals surface area contributed by atoms with Gasteiger partial charge in [-0.3, -0.25) is 4.68 Å². The zero-order valence-corrected chi connectivity index (χ0v) is 29.1. The number of anilines is 1. The highest BCUT2D eigenvalue weighted by Gasteiger charge is 2.37. The van der Waals surface area contributed by atoms with E-state index in [-0.39, 0.29) is 53.0 Å². The molecule has 4 heterocycles. The predicted octanol–water partition coefficient (Wildman–Crippen LogP) is 5.83. The molecule has 2 aromatic carbocycles. The van der Waals surface area contributed by atoms with Crippen LogP contribution in [0.1, 0.15) is 40.2 Å². The number of carbonyl (C=O) groups is 1. The molecule has 47 heavy (non-hydrogen) atoms. The third-order valence-electron chi connectivity index (χ3n) is 8.83. The van der Waals surface area contributed by atoms with Crippen LogP contribution in [0.2, 0.25) is 5.02 Å². The van der Waals surface area contributed by atoms with Gasteiger partial charge < -0.3 is 28.9 Å². The number of likely N-dealkylation sites (N-methyl/N-ethyl adjacent to an activating group) is 1. The smallest absolute Gasteiger partial charge is 0.410 e. The van der Waals surface area contributed by atoms with Crippen LogP contribution < -0.4 is 9.64 Å². The van der Waals surface area contributed by atoms with E-state index in [1.165, 1.54) is 0 Å². The molecule has 0 N–H and O–H groups in total. The van der Waals surface area contributed by atoms with Gasteiger partial charge in [0.2, 0.25) is 0 Å². The first-order valence-electron chi connectivity index (χ1n) is 16.0. The van der Waals surface area contributed by atoms with E-state index in [0.717, 1.165) is 23.0 Å². The molecule has 0 radical (unpaired) electrons. The monoisotopic (exact) mass is 667 g/mol. The minimum absolute atomic E-state index is 0.0430. The molecule has 252 valence electrons. The fraction of sp³-hybridized carbons (Fsp3) is 0.529. The largest absolute Gasteiger partial charge is 0.461 e. The highest BCUT2D eigenvalue weighted by molar-refractivity contribution is 6.35. The number of halogens is 2. The lowest BCUT2D eigenvalue weighted by atomic mass is 9.96. The van der Waals surface area contributed by atoms with Crippen molar-refractivity contribution < 1.29 is 23.4 Å². The van der Waals surface area contributed by atoms with Gasteiger partial charge in [0.15, 0.2) is 5.82 Å². The topological polar surface area (TPSA) is 98.1 Å². The Hall–Kier alpha value is -3.74. The van der Waals surface area contributed by atoms with E-state index >= 15 is 4.39 Å². The number of aromatic nitrogens is 4. The number of carbonyl (C=O) groups excluding carboxylic acids is 1. The van der Waals surface area contributed by atoms with Crippen LogP contribution in [0.4, 0.5) is 15.0 Å². The second kappa shape index (κ2) is 12.7. The Morgan fingerprint density at radius 2 is 1.87 bits per heavy atom. The number of amides is 1. The fourth-order valence-electron chi connectivity index (χ4n) is 6.49. The zero-order chi connectivity index (χ0) is 33.8. The van der Waals surface area contributed by atoms with E-state index in [4.69, 9.17) is 30.8 Å².